The minimum absolute atomic E-state index is 0.179. The summed E-state index contributed by atoms with van der Waals surface area (Å²) in [7, 11) is -4.81. The van der Waals surface area contributed by atoms with Crippen molar-refractivity contribution in [3.8, 4) is 22.3 Å². The van der Waals surface area contributed by atoms with E-state index < -0.39 is 26.8 Å². The smallest absolute Gasteiger partial charge is 0.282 e. The second-order valence-electron chi connectivity index (χ2n) is 10.5. The summed E-state index contributed by atoms with van der Waals surface area (Å²) in [4.78, 5) is -0.570. The monoisotopic (exact) mass is 490 g/mol. The van der Waals surface area contributed by atoms with Gasteiger partial charge in [-0.2, -0.15) is 21.6 Å². The van der Waals surface area contributed by atoms with Crippen LogP contribution in [0.4, 0.5) is 13.2 Å². The molecule has 3 rings (SSSR count). The number of benzene rings is 3. The van der Waals surface area contributed by atoms with Gasteiger partial charge in [0.2, 0.25) is 0 Å². The molecule has 0 unspecified atom stereocenters. The van der Waals surface area contributed by atoms with E-state index in [1.165, 1.54) is 0 Å². The van der Waals surface area contributed by atoms with Crippen LogP contribution in [0.5, 0.6) is 0 Å². The molecule has 0 saturated heterocycles. The maximum absolute atomic E-state index is 14.1. The van der Waals surface area contributed by atoms with Crippen LogP contribution in [0.3, 0.4) is 0 Å². The van der Waals surface area contributed by atoms with Crippen molar-refractivity contribution < 1.29 is 26.1 Å². The van der Waals surface area contributed by atoms with E-state index in [0.29, 0.717) is 6.07 Å². The van der Waals surface area contributed by atoms with Gasteiger partial charge in [-0.3, -0.25) is 4.55 Å². The minimum Gasteiger partial charge on any atom is -0.282 e. The molecular formula is C27H29F3O3S. The van der Waals surface area contributed by atoms with Crippen LogP contribution in [0.15, 0.2) is 65.6 Å². The summed E-state index contributed by atoms with van der Waals surface area (Å²) in [5.74, 6) is 0. The second kappa shape index (κ2) is 8.54. The molecule has 3 nitrogen and oxygen atoms in total. The average Bonchev–Trinajstić information content (AvgIpc) is 2.70. The van der Waals surface area contributed by atoms with Crippen LogP contribution in [-0.4, -0.2) is 13.0 Å². The molecule has 0 atom stereocenters. The van der Waals surface area contributed by atoms with E-state index in [0.717, 1.165) is 17.2 Å². The van der Waals surface area contributed by atoms with E-state index in [1.54, 1.807) is 48.5 Å². The predicted octanol–water partition coefficient (Wildman–Crippen LogP) is 7.88. The van der Waals surface area contributed by atoms with Gasteiger partial charge in [0.15, 0.2) is 0 Å². The van der Waals surface area contributed by atoms with Crippen molar-refractivity contribution in [2.24, 2.45) is 0 Å². The summed E-state index contributed by atoms with van der Waals surface area (Å²) in [6.07, 6.45) is -4.74. The van der Waals surface area contributed by atoms with Crippen molar-refractivity contribution in [3.63, 3.8) is 0 Å². The van der Waals surface area contributed by atoms with E-state index >= 15 is 0 Å². The topological polar surface area (TPSA) is 54.4 Å². The summed E-state index contributed by atoms with van der Waals surface area (Å²) < 4.78 is 76.8. The molecule has 0 amide bonds. The fourth-order valence-corrected chi connectivity index (χ4v) is 4.61. The molecule has 1 N–H and O–H groups in total. The molecule has 34 heavy (non-hydrogen) atoms. The van der Waals surface area contributed by atoms with Crippen molar-refractivity contribution in [3.05, 3.63) is 77.4 Å². The first kappa shape index (κ1) is 26.0. The fraction of sp³-hybridized carbons (Fsp3) is 0.333. The lowest BCUT2D eigenvalue weighted by molar-refractivity contribution is -0.137. The zero-order chi connectivity index (χ0) is 25.7. The highest BCUT2D eigenvalue weighted by Gasteiger charge is 2.37. The molecule has 0 saturated carbocycles. The predicted molar refractivity (Wildman–Crippen MR) is 130 cm³/mol. The summed E-state index contributed by atoms with van der Waals surface area (Å²) in [6, 6.07) is 14.8. The van der Waals surface area contributed by atoms with Gasteiger partial charge >= 0.3 is 6.18 Å². The molecule has 3 aromatic carbocycles. The quantitative estimate of drug-likeness (QED) is 0.380. The standard InChI is InChI=1S/C27H29F3O3S/c1-25(2,3)19-11-7-17(8-12-19)23-21(27(28,29)30)15-16-22(34(31,32)33)24(23)18-9-13-20(14-10-18)26(4,5)6/h7-16H,1-6H3,(H,31,32,33). The highest BCUT2D eigenvalue weighted by atomic mass is 32.2. The highest BCUT2D eigenvalue weighted by molar-refractivity contribution is 7.86. The molecule has 0 bridgehead atoms. The first-order chi connectivity index (χ1) is 15.4. The number of alkyl halides is 3. The number of hydrogen-bond acceptors (Lipinski definition) is 2. The van der Waals surface area contributed by atoms with Crippen LogP contribution < -0.4 is 0 Å². The van der Waals surface area contributed by atoms with Crippen molar-refractivity contribution in [1.82, 2.24) is 0 Å². The molecule has 0 aromatic heterocycles. The van der Waals surface area contributed by atoms with Crippen LogP contribution in [0.2, 0.25) is 0 Å². The molecule has 0 spiro atoms. The lowest BCUT2D eigenvalue weighted by atomic mass is 9.83. The van der Waals surface area contributed by atoms with Gasteiger partial charge in [0, 0.05) is 11.1 Å². The molecule has 0 radical (unpaired) electrons. The van der Waals surface area contributed by atoms with Gasteiger partial charge < -0.3 is 0 Å². The molecule has 3 aromatic rings. The van der Waals surface area contributed by atoms with E-state index in [-0.39, 0.29) is 33.1 Å². The van der Waals surface area contributed by atoms with E-state index in [1.807, 2.05) is 41.5 Å². The second-order valence-corrected chi connectivity index (χ2v) is 11.9. The van der Waals surface area contributed by atoms with Gasteiger partial charge in [0.05, 0.1) is 5.56 Å². The third-order valence-electron chi connectivity index (χ3n) is 5.83. The molecule has 182 valence electrons. The zero-order valence-electron chi connectivity index (χ0n) is 20.1. The maximum atomic E-state index is 14.1. The van der Waals surface area contributed by atoms with Crippen molar-refractivity contribution in [1.29, 1.82) is 0 Å². The van der Waals surface area contributed by atoms with Crippen LogP contribution in [0.25, 0.3) is 22.3 Å². The van der Waals surface area contributed by atoms with Gasteiger partial charge in [-0.1, -0.05) is 90.1 Å². The molecule has 0 heterocycles. The molecule has 0 aliphatic heterocycles. The van der Waals surface area contributed by atoms with Crippen LogP contribution in [-0.2, 0) is 27.1 Å². The van der Waals surface area contributed by atoms with Gasteiger partial charge in [-0.15, -0.1) is 0 Å². The van der Waals surface area contributed by atoms with Gasteiger partial charge in [-0.05, 0) is 45.2 Å². The first-order valence-electron chi connectivity index (χ1n) is 10.8. The Kier molecular flexibility index (Phi) is 6.52. The summed E-state index contributed by atoms with van der Waals surface area (Å²) in [5.41, 5.74) is 0.477. The van der Waals surface area contributed by atoms with Crippen LogP contribution >= 0.6 is 0 Å². The Bertz CT molecular complexity index is 1290. The molecule has 7 heteroatoms. The Morgan fingerprint density at radius 2 is 1.00 bits per heavy atom. The van der Waals surface area contributed by atoms with Crippen molar-refractivity contribution in [2.45, 2.75) is 63.4 Å². The largest absolute Gasteiger partial charge is 0.417 e. The Hall–Kier alpha value is -2.64. The normalized spacial score (nSPS) is 13.2. The van der Waals surface area contributed by atoms with E-state index in [4.69, 9.17) is 0 Å². The Morgan fingerprint density at radius 1 is 0.618 bits per heavy atom. The van der Waals surface area contributed by atoms with E-state index in [2.05, 4.69) is 0 Å². The number of rotatable bonds is 3. The molecule has 0 aliphatic carbocycles. The summed E-state index contributed by atoms with van der Waals surface area (Å²) >= 11 is 0. The fourth-order valence-electron chi connectivity index (χ4n) is 3.89. The molecular weight excluding hydrogens is 461 g/mol. The molecule has 0 aliphatic rings. The van der Waals surface area contributed by atoms with E-state index in [9.17, 15) is 26.1 Å². The number of halogens is 3. The Morgan fingerprint density at radius 3 is 1.32 bits per heavy atom. The lowest BCUT2D eigenvalue weighted by Crippen LogP contribution is -2.13. The van der Waals surface area contributed by atoms with Gasteiger partial charge in [0.1, 0.15) is 4.90 Å². The zero-order valence-corrected chi connectivity index (χ0v) is 20.9. The lowest BCUT2D eigenvalue weighted by Gasteiger charge is -2.23. The summed E-state index contributed by atoms with van der Waals surface area (Å²) in [6.45, 7) is 12.0. The van der Waals surface area contributed by atoms with Crippen molar-refractivity contribution >= 4 is 10.1 Å². The van der Waals surface area contributed by atoms with Crippen LogP contribution in [0, 0.1) is 0 Å². The van der Waals surface area contributed by atoms with Gasteiger partial charge in [0.25, 0.3) is 10.1 Å². The number of hydrogen-bond donors (Lipinski definition) is 1. The first-order valence-corrected chi connectivity index (χ1v) is 12.3. The van der Waals surface area contributed by atoms with Crippen LogP contribution in [0.1, 0.15) is 58.2 Å². The third kappa shape index (κ3) is 5.36. The minimum atomic E-state index is -4.81. The third-order valence-corrected chi connectivity index (χ3v) is 6.73. The summed E-state index contributed by atoms with van der Waals surface area (Å²) in [5, 5.41) is 0. The van der Waals surface area contributed by atoms with Crippen molar-refractivity contribution in [2.75, 3.05) is 0 Å². The maximum Gasteiger partial charge on any atom is 0.417 e. The highest BCUT2D eigenvalue weighted by Crippen LogP contribution is 2.46. The Balaban J connectivity index is 2.42. The molecule has 0 fully saturated rings. The Labute approximate surface area is 199 Å². The SMILES string of the molecule is CC(C)(C)c1ccc(-c2c(C(F)(F)F)ccc(S(=O)(=O)O)c2-c2ccc(C(C)(C)C)cc2)cc1. The average molecular weight is 491 g/mol. The van der Waals surface area contributed by atoms with Gasteiger partial charge in [-0.25, -0.2) is 0 Å².